The fourth-order valence-electron chi connectivity index (χ4n) is 2.27. The highest BCUT2D eigenvalue weighted by Gasteiger charge is 2.20. The monoisotopic (exact) mass is 226 g/mol. The van der Waals surface area contributed by atoms with Gasteiger partial charge >= 0.3 is 0 Å². The summed E-state index contributed by atoms with van der Waals surface area (Å²) in [6, 6.07) is -0.339. The maximum Gasteiger partial charge on any atom is 0.237 e. The van der Waals surface area contributed by atoms with Crippen molar-refractivity contribution in [3.8, 4) is 0 Å². The van der Waals surface area contributed by atoms with Gasteiger partial charge < -0.3 is 11.1 Å². The van der Waals surface area contributed by atoms with Crippen LogP contribution in [0, 0.1) is 11.8 Å². The van der Waals surface area contributed by atoms with E-state index in [0.29, 0.717) is 5.92 Å². The highest BCUT2D eigenvalue weighted by Crippen LogP contribution is 2.22. The first-order valence-corrected chi connectivity index (χ1v) is 6.68. The Morgan fingerprint density at radius 1 is 1.38 bits per heavy atom. The summed E-state index contributed by atoms with van der Waals surface area (Å²) in [4.78, 5) is 11.7. The van der Waals surface area contributed by atoms with E-state index in [1.807, 2.05) is 6.92 Å². The molecular weight excluding hydrogens is 200 g/mol. The highest BCUT2D eigenvalue weighted by atomic mass is 16.2. The zero-order valence-corrected chi connectivity index (χ0v) is 10.7. The van der Waals surface area contributed by atoms with E-state index in [2.05, 4.69) is 12.2 Å². The van der Waals surface area contributed by atoms with E-state index in [1.165, 1.54) is 32.1 Å². The Kier molecular flexibility index (Phi) is 5.81. The van der Waals surface area contributed by atoms with Crippen molar-refractivity contribution in [2.75, 3.05) is 6.54 Å². The fraction of sp³-hybridized carbons (Fsp3) is 0.923. The third-order valence-electron chi connectivity index (χ3n) is 3.85. The summed E-state index contributed by atoms with van der Waals surface area (Å²) in [7, 11) is 0. The molecule has 94 valence electrons. The minimum Gasteiger partial charge on any atom is -0.354 e. The molecule has 1 amide bonds. The number of carbonyl (C=O) groups is 1. The van der Waals surface area contributed by atoms with Crippen LogP contribution in [0.5, 0.6) is 0 Å². The number of rotatable bonds is 5. The summed E-state index contributed by atoms with van der Waals surface area (Å²) in [6.45, 7) is 4.92. The smallest absolute Gasteiger partial charge is 0.237 e. The molecule has 1 aliphatic carbocycles. The molecule has 0 aromatic carbocycles. The standard InChI is InChI=1S/C13H26N2O/c1-3-10(2)12(14)13(16)15-9-11-7-5-4-6-8-11/h10-12H,3-9,14H2,1-2H3,(H,15,16)/t10-,12-/m0/s1. The Morgan fingerprint density at radius 2 is 2.00 bits per heavy atom. The molecule has 3 nitrogen and oxygen atoms in total. The Labute approximate surface area is 99.2 Å². The Balaban J connectivity index is 2.23. The van der Waals surface area contributed by atoms with Gasteiger partial charge in [-0.2, -0.15) is 0 Å². The predicted molar refractivity (Wildman–Crippen MR) is 67.0 cm³/mol. The van der Waals surface area contributed by atoms with Crippen LogP contribution in [0.3, 0.4) is 0 Å². The Hall–Kier alpha value is -0.570. The first kappa shape index (κ1) is 13.5. The fourth-order valence-corrected chi connectivity index (χ4v) is 2.27. The van der Waals surface area contributed by atoms with Gasteiger partial charge in [0.1, 0.15) is 0 Å². The van der Waals surface area contributed by atoms with Gasteiger partial charge in [-0.05, 0) is 24.7 Å². The zero-order valence-electron chi connectivity index (χ0n) is 10.7. The lowest BCUT2D eigenvalue weighted by molar-refractivity contribution is -0.123. The lowest BCUT2D eigenvalue weighted by Gasteiger charge is -2.23. The quantitative estimate of drug-likeness (QED) is 0.754. The van der Waals surface area contributed by atoms with Gasteiger partial charge in [0.25, 0.3) is 0 Å². The molecular formula is C13H26N2O. The molecule has 1 aliphatic rings. The second-order valence-electron chi connectivity index (χ2n) is 5.16. The van der Waals surface area contributed by atoms with Gasteiger partial charge in [-0.1, -0.05) is 39.5 Å². The van der Waals surface area contributed by atoms with Crippen LogP contribution in [0.1, 0.15) is 52.4 Å². The molecule has 2 atom stereocenters. The third kappa shape index (κ3) is 4.12. The number of hydrogen-bond donors (Lipinski definition) is 2. The van der Waals surface area contributed by atoms with Crippen LogP contribution >= 0.6 is 0 Å². The minimum atomic E-state index is -0.339. The van der Waals surface area contributed by atoms with E-state index in [0.717, 1.165) is 13.0 Å². The van der Waals surface area contributed by atoms with Crippen molar-refractivity contribution in [1.82, 2.24) is 5.32 Å². The van der Waals surface area contributed by atoms with Gasteiger partial charge in [-0.25, -0.2) is 0 Å². The van der Waals surface area contributed by atoms with E-state index in [4.69, 9.17) is 5.73 Å². The summed E-state index contributed by atoms with van der Waals surface area (Å²) in [6.07, 6.45) is 7.47. The number of amides is 1. The maximum atomic E-state index is 11.7. The average molecular weight is 226 g/mol. The first-order chi connectivity index (χ1) is 7.65. The van der Waals surface area contributed by atoms with Gasteiger partial charge in [-0.3, -0.25) is 4.79 Å². The van der Waals surface area contributed by atoms with Crippen molar-refractivity contribution >= 4 is 5.91 Å². The van der Waals surface area contributed by atoms with E-state index in [9.17, 15) is 4.79 Å². The molecule has 0 radical (unpaired) electrons. The lowest BCUT2D eigenvalue weighted by Crippen LogP contribution is -2.46. The van der Waals surface area contributed by atoms with E-state index < -0.39 is 0 Å². The second kappa shape index (κ2) is 6.89. The SMILES string of the molecule is CC[C@H](C)[C@H](N)C(=O)NCC1CCCCC1. The molecule has 1 saturated carbocycles. The van der Waals surface area contributed by atoms with Crippen LogP contribution in [0.25, 0.3) is 0 Å². The molecule has 3 N–H and O–H groups in total. The average Bonchev–Trinajstić information content (AvgIpc) is 2.35. The Bertz CT molecular complexity index is 212. The summed E-state index contributed by atoms with van der Waals surface area (Å²) < 4.78 is 0. The molecule has 1 rings (SSSR count). The molecule has 0 heterocycles. The molecule has 0 saturated heterocycles. The summed E-state index contributed by atoms with van der Waals surface area (Å²) >= 11 is 0. The van der Waals surface area contributed by atoms with Crippen LogP contribution < -0.4 is 11.1 Å². The minimum absolute atomic E-state index is 0.0277. The van der Waals surface area contributed by atoms with Crippen molar-refractivity contribution in [2.45, 2.75) is 58.4 Å². The van der Waals surface area contributed by atoms with E-state index in [1.54, 1.807) is 0 Å². The Morgan fingerprint density at radius 3 is 2.56 bits per heavy atom. The van der Waals surface area contributed by atoms with E-state index >= 15 is 0 Å². The highest BCUT2D eigenvalue weighted by molar-refractivity contribution is 5.81. The number of nitrogens with two attached hydrogens (primary N) is 1. The van der Waals surface area contributed by atoms with Gasteiger partial charge in [0.2, 0.25) is 5.91 Å². The van der Waals surface area contributed by atoms with Crippen molar-refractivity contribution in [1.29, 1.82) is 0 Å². The van der Waals surface area contributed by atoms with Crippen LogP contribution in [0.2, 0.25) is 0 Å². The maximum absolute atomic E-state index is 11.7. The van der Waals surface area contributed by atoms with Gasteiger partial charge in [0.05, 0.1) is 6.04 Å². The molecule has 3 heteroatoms. The molecule has 0 aliphatic heterocycles. The van der Waals surface area contributed by atoms with Crippen LogP contribution in [0.4, 0.5) is 0 Å². The zero-order chi connectivity index (χ0) is 12.0. The molecule has 0 bridgehead atoms. The molecule has 0 aromatic heterocycles. The van der Waals surface area contributed by atoms with Crippen molar-refractivity contribution < 1.29 is 4.79 Å². The first-order valence-electron chi connectivity index (χ1n) is 6.68. The number of hydrogen-bond acceptors (Lipinski definition) is 2. The summed E-state index contributed by atoms with van der Waals surface area (Å²) in [5.41, 5.74) is 5.87. The molecule has 0 unspecified atom stereocenters. The predicted octanol–water partition coefficient (Wildman–Crippen LogP) is 2.06. The van der Waals surface area contributed by atoms with Crippen LogP contribution in [-0.4, -0.2) is 18.5 Å². The number of carbonyl (C=O) groups excluding carboxylic acids is 1. The lowest BCUT2D eigenvalue weighted by atomic mass is 9.89. The van der Waals surface area contributed by atoms with Crippen molar-refractivity contribution in [2.24, 2.45) is 17.6 Å². The van der Waals surface area contributed by atoms with Crippen LogP contribution in [-0.2, 0) is 4.79 Å². The van der Waals surface area contributed by atoms with Crippen molar-refractivity contribution in [3.05, 3.63) is 0 Å². The summed E-state index contributed by atoms with van der Waals surface area (Å²) in [5.74, 6) is 0.980. The van der Waals surface area contributed by atoms with Crippen LogP contribution in [0.15, 0.2) is 0 Å². The molecule has 1 fully saturated rings. The van der Waals surface area contributed by atoms with Gasteiger partial charge in [-0.15, -0.1) is 0 Å². The van der Waals surface area contributed by atoms with Gasteiger partial charge in [0.15, 0.2) is 0 Å². The van der Waals surface area contributed by atoms with Gasteiger partial charge in [0, 0.05) is 6.54 Å². The normalized spacial score (nSPS) is 21.4. The topological polar surface area (TPSA) is 55.1 Å². The molecule has 0 aromatic rings. The van der Waals surface area contributed by atoms with Crippen molar-refractivity contribution in [3.63, 3.8) is 0 Å². The van der Waals surface area contributed by atoms with E-state index in [-0.39, 0.29) is 17.9 Å². The number of nitrogens with one attached hydrogen (secondary N) is 1. The molecule has 0 spiro atoms. The third-order valence-corrected chi connectivity index (χ3v) is 3.85. The molecule has 16 heavy (non-hydrogen) atoms. The summed E-state index contributed by atoms with van der Waals surface area (Å²) in [5, 5.41) is 3.00. The second-order valence-corrected chi connectivity index (χ2v) is 5.16. The largest absolute Gasteiger partial charge is 0.354 e.